The third-order valence-corrected chi connectivity index (χ3v) is 2.43. The summed E-state index contributed by atoms with van der Waals surface area (Å²) in [5, 5.41) is 14.1. The summed E-state index contributed by atoms with van der Waals surface area (Å²) >= 11 is 0. The van der Waals surface area contributed by atoms with Crippen molar-refractivity contribution in [1.82, 2.24) is 10.6 Å². The number of hydrogen-bond donors (Lipinski definition) is 3. The number of urea groups is 1. The van der Waals surface area contributed by atoms with Crippen LogP contribution in [0.2, 0.25) is 0 Å². The lowest BCUT2D eigenvalue weighted by Crippen LogP contribution is -2.35. The SMILES string of the molecule is COCCCNC(=O)NCc1cc(C(=O)O)c(C)o1. The Morgan fingerprint density at radius 2 is 2.16 bits per heavy atom. The van der Waals surface area contributed by atoms with E-state index in [0.29, 0.717) is 24.7 Å². The Morgan fingerprint density at radius 3 is 2.74 bits per heavy atom. The van der Waals surface area contributed by atoms with E-state index in [1.165, 1.54) is 6.07 Å². The van der Waals surface area contributed by atoms with Gasteiger partial charge in [-0.3, -0.25) is 0 Å². The molecule has 1 heterocycles. The summed E-state index contributed by atoms with van der Waals surface area (Å²) in [6, 6.07) is 1.07. The lowest BCUT2D eigenvalue weighted by atomic mass is 10.2. The van der Waals surface area contributed by atoms with Crippen LogP contribution < -0.4 is 10.6 Å². The molecular formula is C12H18N2O5. The number of carboxylic acids is 1. The van der Waals surface area contributed by atoms with Crippen molar-refractivity contribution in [3.05, 3.63) is 23.2 Å². The Balaban J connectivity index is 2.34. The number of nitrogens with one attached hydrogen (secondary N) is 2. The molecule has 0 aliphatic carbocycles. The van der Waals surface area contributed by atoms with Crippen molar-refractivity contribution in [3.63, 3.8) is 0 Å². The second kappa shape index (κ2) is 7.42. The molecule has 7 nitrogen and oxygen atoms in total. The Hall–Kier alpha value is -2.02. The first-order valence-electron chi connectivity index (χ1n) is 5.88. The molecule has 1 aromatic heterocycles. The number of rotatable bonds is 7. The Morgan fingerprint density at radius 1 is 1.42 bits per heavy atom. The topological polar surface area (TPSA) is 101 Å². The summed E-state index contributed by atoms with van der Waals surface area (Å²) in [5.41, 5.74) is 0.109. The van der Waals surface area contributed by atoms with Crippen LogP contribution in [0.25, 0.3) is 0 Å². The molecule has 7 heteroatoms. The van der Waals surface area contributed by atoms with Crippen LogP contribution in [0.3, 0.4) is 0 Å². The summed E-state index contributed by atoms with van der Waals surface area (Å²) < 4.78 is 10.1. The highest BCUT2D eigenvalue weighted by atomic mass is 16.5. The van der Waals surface area contributed by atoms with Gasteiger partial charge in [0.1, 0.15) is 17.1 Å². The van der Waals surface area contributed by atoms with E-state index >= 15 is 0 Å². The summed E-state index contributed by atoms with van der Waals surface area (Å²) in [6.45, 7) is 2.80. The van der Waals surface area contributed by atoms with Crippen LogP contribution in [0.5, 0.6) is 0 Å². The predicted octanol–water partition coefficient (Wildman–Crippen LogP) is 1.12. The van der Waals surface area contributed by atoms with Crippen LogP contribution in [0.4, 0.5) is 4.79 Å². The van der Waals surface area contributed by atoms with Gasteiger partial charge in [-0.05, 0) is 19.4 Å². The minimum absolute atomic E-state index is 0.109. The maximum absolute atomic E-state index is 11.4. The van der Waals surface area contributed by atoms with Gasteiger partial charge in [0.05, 0.1) is 6.54 Å². The van der Waals surface area contributed by atoms with Gasteiger partial charge in [0.15, 0.2) is 0 Å². The number of aryl methyl sites for hydroxylation is 1. The Labute approximate surface area is 110 Å². The van der Waals surface area contributed by atoms with Gasteiger partial charge in [-0.15, -0.1) is 0 Å². The van der Waals surface area contributed by atoms with Crippen molar-refractivity contribution in [1.29, 1.82) is 0 Å². The molecule has 0 saturated heterocycles. The predicted molar refractivity (Wildman–Crippen MR) is 67.1 cm³/mol. The fourth-order valence-electron chi connectivity index (χ4n) is 1.49. The van der Waals surface area contributed by atoms with Crippen LogP contribution in [0.1, 0.15) is 28.3 Å². The highest BCUT2D eigenvalue weighted by Gasteiger charge is 2.13. The van der Waals surface area contributed by atoms with E-state index in [0.717, 1.165) is 6.42 Å². The Kier molecular flexibility index (Phi) is 5.87. The normalized spacial score (nSPS) is 10.2. The number of carboxylic acid groups (broad SMARTS) is 1. The largest absolute Gasteiger partial charge is 0.478 e. The number of aromatic carboxylic acids is 1. The lowest BCUT2D eigenvalue weighted by molar-refractivity contribution is 0.0695. The molecule has 1 rings (SSSR count). The zero-order chi connectivity index (χ0) is 14.3. The van der Waals surface area contributed by atoms with Crippen LogP contribution in [0.15, 0.2) is 10.5 Å². The molecule has 19 heavy (non-hydrogen) atoms. The van der Waals surface area contributed by atoms with E-state index in [4.69, 9.17) is 14.3 Å². The summed E-state index contributed by atoms with van der Waals surface area (Å²) in [4.78, 5) is 22.2. The Bertz CT molecular complexity index is 441. The first-order chi connectivity index (χ1) is 9.04. The molecule has 0 bridgehead atoms. The average Bonchev–Trinajstić information content (AvgIpc) is 2.74. The number of carbonyl (C=O) groups is 2. The highest BCUT2D eigenvalue weighted by Crippen LogP contribution is 2.14. The number of hydrogen-bond acceptors (Lipinski definition) is 4. The molecule has 0 radical (unpaired) electrons. The van der Waals surface area contributed by atoms with Gasteiger partial charge in [0, 0.05) is 20.3 Å². The molecule has 3 N–H and O–H groups in total. The molecule has 0 spiro atoms. The summed E-state index contributed by atoms with van der Waals surface area (Å²) in [5.74, 6) is -0.316. The van der Waals surface area contributed by atoms with Gasteiger partial charge in [-0.1, -0.05) is 0 Å². The fraction of sp³-hybridized carbons (Fsp3) is 0.500. The van der Waals surface area contributed by atoms with Gasteiger partial charge in [-0.25, -0.2) is 9.59 Å². The molecule has 106 valence electrons. The van der Waals surface area contributed by atoms with Crippen LogP contribution in [0, 0.1) is 6.92 Å². The molecule has 1 aromatic rings. The van der Waals surface area contributed by atoms with Gasteiger partial charge >= 0.3 is 12.0 Å². The smallest absolute Gasteiger partial charge is 0.339 e. The molecule has 0 aromatic carbocycles. The van der Waals surface area contributed by atoms with Crippen molar-refractivity contribution in [2.45, 2.75) is 19.9 Å². The van der Waals surface area contributed by atoms with E-state index in [-0.39, 0.29) is 18.1 Å². The minimum atomic E-state index is -1.04. The zero-order valence-corrected chi connectivity index (χ0v) is 11.0. The van der Waals surface area contributed by atoms with E-state index in [2.05, 4.69) is 10.6 Å². The standard InChI is InChI=1S/C12H18N2O5/c1-8-10(11(15)16)6-9(19-8)7-14-12(17)13-4-3-5-18-2/h6H,3-5,7H2,1-2H3,(H,15,16)(H2,13,14,17). The van der Waals surface area contributed by atoms with Crippen molar-refractivity contribution in [2.24, 2.45) is 0 Å². The molecule has 2 amide bonds. The van der Waals surface area contributed by atoms with Crippen molar-refractivity contribution < 1.29 is 23.8 Å². The van der Waals surface area contributed by atoms with Crippen molar-refractivity contribution in [3.8, 4) is 0 Å². The molecule has 0 aliphatic rings. The number of ether oxygens (including phenoxy) is 1. The van der Waals surface area contributed by atoms with Crippen LogP contribution in [-0.2, 0) is 11.3 Å². The molecule has 0 unspecified atom stereocenters. The van der Waals surface area contributed by atoms with Crippen molar-refractivity contribution >= 4 is 12.0 Å². The van der Waals surface area contributed by atoms with E-state index in [1.54, 1.807) is 14.0 Å². The highest BCUT2D eigenvalue weighted by molar-refractivity contribution is 5.88. The first-order valence-corrected chi connectivity index (χ1v) is 5.88. The van der Waals surface area contributed by atoms with Crippen molar-refractivity contribution in [2.75, 3.05) is 20.3 Å². The van der Waals surface area contributed by atoms with E-state index in [9.17, 15) is 9.59 Å². The quantitative estimate of drug-likeness (QED) is 0.645. The zero-order valence-electron chi connectivity index (χ0n) is 11.0. The molecule has 0 saturated carbocycles. The second-order valence-electron chi connectivity index (χ2n) is 3.94. The van der Waals surface area contributed by atoms with Gasteiger partial charge in [0.2, 0.25) is 0 Å². The molecule has 0 atom stereocenters. The second-order valence-corrected chi connectivity index (χ2v) is 3.94. The third kappa shape index (κ3) is 5.01. The van der Waals surface area contributed by atoms with E-state index < -0.39 is 5.97 Å². The molecule has 0 fully saturated rings. The molecular weight excluding hydrogens is 252 g/mol. The third-order valence-electron chi connectivity index (χ3n) is 2.43. The number of carbonyl (C=O) groups excluding carboxylic acids is 1. The fourth-order valence-corrected chi connectivity index (χ4v) is 1.49. The maximum Gasteiger partial charge on any atom is 0.339 e. The van der Waals surface area contributed by atoms with Gasteiger partial charge < -0.3 is 24.9 Å². The molecule has 0 aliphatic heterocycles. The number of amides is 2. The summed E-state index contributed by atoms with van der Waals surface area (Å²) in [7, 11) is 1.60. The maximum atomic E-state index is 11.4. The minimum Gasteiger partial charge on any atom is -0.478 e. The number of furan rings is 1. The number of methoxy groups -OCH3 is 1. The van der Waals surface area contributed by atoms with E-state index in [1.807, 2.05) is 0 Å². The monoisotopic (exact) mass is 270 g/mol. The van der Waals surface area contributed by atoms with Crippen LogP contribution in [-0.4, -0.2) is 37.4 Å². The van der Waals surface area contributed by atoms with Gasteiger partial charge in [0.25, 0.3) is 0 Å². The van der Waals surface area contributed by atoms with Crippen LogP contribution >= 0.6 is 0 Å². The average molecular weight is 270 g/mol. The first kappa shape index (κ1) is 15.0. The summed E-state index contributed by atoms with van der Waals surface area (Å²) in [6.07, 6.45) is 0.729. The van der Waals surface area contributed by atoms with Gasteiger partial charge in [-0.2, -0.15) is 0 Å². The lowest BCUT2D eigenvalue weighted by Gasteiger charge is -2.05.